The number of thiophene rings is 1. The van der Waals surface area contributed by atoms with Crippen molar-refractivity contribution >= 4 is 17.2 Å². The Bertz CT molecular complexity index is 875. The number of carbonyl (C=O) groups excluding carboxylic acids is 1. The van der Waals surface area contributed by atoms with Gasteiger partial charge in [-0.2, -0.15) is 0 Å². The Hall–Kier alpha value is -2.47. The average molecular weight is 356 g/mol. The van der Waals surface area contributed by atoms with Gasteiger partial charge in [-0.05, 0) is 42.0 Å². The Morgan fingerprint density at radius 2 is 2.28 bits per heavy atom. The van der Waals surface area contributed by atoms with Gasteiger partial charge in [0, 0.05) is 13.0 Å². The minimum Gasteiger partial charge on any atom is -0.443 e. The van der Waals surface area contributed by atoms with Gasteiger partial charge in [-0.25, -0.2) is 9.37 Å². The van der Waals surface area contributed by atoms with Crippen LogP contribution in [0.25, 0.3) is 0 Å². The van der Waals surface area contributed by atoms with Gasteiger partial charge in [0.2, 0.25) is 5.89 Å². The van der Waals surface area contributed by atoms with Crippen LogP contribution in [-0.2, 0) is 6.42 Å². The maximum absolute atomic E-state index is 13.3. The van der Waals surface area contributed by atoms with Crippen LogP contribution in [0.5, 0.6) is 0 Å². The molecular weight excluding hydrogens is 339 g/mol. The van der Waals surface area contributed by atoms with Crippen LogP contribution in [-0.4, -0.2) is 22.3 Å². The molecule has 0 radical (unpaired) electrons. The summed E-state index contributed by atoms with van der Waals surface area (Å²) in [6, 6.07) is 10.0. The van der Waals surface area contributed by atoms with E-state index in [1.165, 1.54) is 23.5 Å². The molecule has 1 atom stereocenters. The second-order valence-electron chi connectivity index (χ2n) is 6.11. The van der Waals surface area contributed by atoms with E-state index in [1.807, 2.05) is 28.5 Å². The van der Waals surface area contributed by atoms with Crippen molar-refractivity contribution in [2.24, 2.45) is 0 Å². The first-order valence-corrected chi connectivity index (χ1v) is 9.12. The van der Waals surface area contributed by atoms with Crippen LogP contribution in [0.1, 0.15) is 45.8 Å². The molecular formula is C19H17FN2O2S. The SMILES string of the molecule is O=C(c1cccs1)N1CCC[C@@H]1c1ncc(Cc2cccc(F)c2)o1. The van der Waals surface area contributed by atoms with E-state index < -0.39 is 0 Å². The van der Waals surface area contributed by atoms with Gasteiger partial charge in [0.1, 0.15) is 17.6 Å². The molecule has 0 aliphatic carbocycles. The fourth-order valence-corrected chi connectivity index (χ4v) is 3.89. The summed E-state index contributed by atoms with van der Waals surface area (Å²) < 4.78 is 19.2. The molecule has 3 heterocycles. The minimum atomic E-state index is -0.263. The largest absolute Gasteiger partial charge is 0.443 e. The van der Waals surface area contributed by atoms with Crippen LogP contribution in [0.4, 0.5) is 4.39 Å². The normalized spacial score (nSPS) is 17.2. The van der Waals surface area contributed by atoms with Crippen molar-refractivity contribution in [2.45, 2.75) is 25.3 Å². The van der Waals surface area contributed by atoms with Crippen molar-refractivity contribution in [3.63, 3.8) is 0 Å². The average Bonchev–Trinajstić information content (AvgIpc) is 3.35. The topological polar surface area (TPSA) is 46.3 Å². The summed E-state index contributed by atoms with van der Waals surface area (Å²) in [7, 11) is 0. The number of hydrogen-bond donors (Lipinski definition) is 0. The monoisotopic (exact) mass is 356 g/mol. The summed E-state index contributed by atoms with van der Waals surface area (Å²) in [6.45, 7) is 0.711. The summed E-state index contributed by atoms with van der Waals surface area (Å²) in [6.07, 6.45) is 3.93. The zero-order valence-corrected chi connectivity index (χ0v) is 14.3. The van der Waals surface area contributed by atoms with Crippen molar-refractivity contribution < 1.29 is 13.6 Å². The molecule has 0 unspecified atom stereocenters. The highest BCUT2D eigenvalue weighted by molar-refractivity contribution is 7.12. The Morgan fingerprint density at radius 1 is 1.36 bits per heavy atom. The molecule has 1 fully saturated rings. The molecule has 0 N–H and O–H groups in total. The van der Waals surface area contributed by atoms with Gasteiger partial charge in [-0.15, -0.1) is 11.3 Å². The third-order valence-corrected chi connectivity index (χ3v) is 5.23. The van der Waals surface area contributed by atoms with Gasteiger partial charge in [-0.1, -0.05) is 18.2 Å². The number of carbonyl (C=O) groups is 1. The maximum atomic E-state index is 13.3. The molecule has 4 nitrogen and oxygen atoms in total. The van der Waals surface area contributed by atoms with Crippen LogP contribution in [0.15, 0.2) is 52.4 Å². The van der Waals surface area contributed by atoms with Crippen molar-refractivity contribution in [1.82, 2.24) is 9.88 Å². The first-order chi connectivity index (χ1) is 12.2. The molecule has 1 aliphatic heterocycles. The molecule has 0 spiro atoms. The standard InChI is InChI=1S/C19H17FN2O2S/c20-14-5-1-4-13(10-14)11-15-12-21-18(24-15)16-6-2-8-22(16)19(23)17-7-3-9-25-17/h1,3-5,7,9-10,12,16H,2,6,8,11H2/t16-/m1/s1. The third-order valence-electron chi connectivity index (χ3n) is 4.37. The molecule has 25 heavy (non-hydrogen) atoms. The molecule has 2 aromatic heterocycles. The summed E-state index contributed by atoms with van der Waals surface area (Å²) >= 11 is 1.45. The Kier molecular flexibility index (Phi) is 4.36. The number of rotatable bonds is 4. The van der Waals surface area contributed by atoms with Crippen molar-refractivity contribution in [2.75, 3.05) is 6.54 Å². The number of halogens is 1. The quantitative estimate of drug-likeness (QED) is 0.694. The maximum Gasteiger partial charge on any atom is 0.264 e. The van der Waals surface area contributed by atoms with Crippen molar-refractivity contribution in [3.8, 4) is 0 Å². The summed E-state index contributed by atoms with van der Waals surface area (Å²) in [5.74, 6) is 1.01. The lowest BCUT2D eigenvalue weighted by molar-refractivity contribution is 0.0719. The van der Waals surface area contributed by atoms with Gasteiger partial charge >= 0.3 is 0 Å². The van der Waals surface area contributed by atoms with E-state index in [2.05, 4.69) is 4.98 Å². The molecule has 3 aromatic rings. The van der Waals surface area contributed by atoms with E-state index in [4.69, 9.17) is 4.42 Å². The van der Waals surface area contributed by atoms with Gasteiger partial charge in [0.25, 0.3) is 5.91 Å². The zero-order chi connectivity index (χ0) is 17.2. The highest BCUT2D eigenvalue weighted by atomic mass is 32.1. The zero-order valence-electron chi connectivity index (χ0n) is 13.5. The third kappa shape index (κ3) is 3.35. The number of hydrogen-bond acceptors (Lipinski definition) is 4. The molecule has 6 heteroatoms. The first kappa shape index (κ1) is 16.0. The molecule has 1 saturated heterocycles. The van der Waals surface area contributed by atoms with E-state index in [0.29, 0.717) is 24.6 Å². The van der Waals surface area contributed by atoms with Crippen LogP contribution < -0.4 is 0 Å². The minimum absolute atomic E-state index is 0.0300. The lowest BCUT2D eigenvalue weighted by Gasteiger charge is -2.21. The molecule has 0 saturated carbocycles. The van der Waals surface area contributed by atoms with Gasteiger partial charge in [0.15, 0.2) is 0 Å². The highest BCUT2D eigenvalue weighted by Gasteiger charge is 2.34. The van der Waals surface area contributed by atoms with Gasteiger partial charge < -0.3 is 9.32 Å². The van der Waals surface area contributed by atoms with Crippen molar-refractivity contribution in [1.29, 1.82) is 0 Å². The molecule has 1 aromatic carbocycles. The van der Waals surface area contributed by atoms with Crippen molar-refractivity contribution in [3.05, 3.63) is 75.9 Å². The number of amides is 1. The van der Waals surface area contributed by atoms with Crippen LogP contribution >= 0.6 is 11.3 Å². The molecule has 0 bridgehead atoms. The van der Waals surface area contributed by atoms with E-state index >= 15 is 0 Å². The number of aromatic nitrogens is 1. The van der Waals surface area contributed by atoms with E-state index in [9.17, 15) is 9.18 Å². The molecule has 128 valence electrons. The highest BCUT2D eigenvalue weighted by Crippen LogP contribution is 2.33. The fraction of sp³-hybridized carbons (Fsp3) is 0.263. The molecule has 4 rings (SSSR count). The Balaban J connectivity index is 1.52. The smallest absolute Gasteiger partial charge is 0.264 e. The van der Waals surface area contributed by atoms with E-state index in [0.717, 1.165) is 23.3 Å². The number of likely N-dealkylation sites (tertiary alicyclic amines) is 1. The summed E-state index contributed by atoms with van der Waals surface area (Å²) in [5.41, 5.74) is 0.834. The number of oxazole rings is 1. The van der Waals surface area contributed by atoms with Gasteiger partial charge in [0.05, 0.1) is 11.1 Å². The Labute approximate surface area is 148 Å². The molecule has 1 aliphatic rings. The lowest BCUT2D eigenvalue weighted by atomic mass is 10.1. The number of nitrogens with zero attached hydrogens (tertiary/aromatic N) is 2. The second kappa shape index (κ2) is 6.80. The lowest BCUT2D eigenvalue weighted by Crippen LogP contribution is -2.30. The second-order valence-corrected chi connectivity index (χ2v) is 7.05. The Morgan fingerprint density at radius 3 is 3.08 bits per heavy atom. The summed E-state index contributed by atoms with van der Waals surface area (Å²) in [4.78, 5) is 19.6. The van der Waals surface area contributed by atoms with E-state index in [1.54, 1.807) is 12.3 Å². The van der Waals surface area contributed by atoms with E-state index in [-0.39, 0.29) is 17.8 Å². The predicted molar refractivity (Wildman–Crippen MR) is 93.0 cm³/mol. The summed E-state index contributed by atoms with van der Waals surface area (Å²) in [5, 5.41) is 1.90. The van der Waals surface area contributed by atoms with Crippen LogP contribution in [0.3, 0.4) is 0 Å². The molecule has 1 amide bonds. The first-order valence-electron chi connectivity index (χ1n) is 8.24. The van der Waals surface area contributed by atoms with Crippen LogP contribution in [0, 0.1) is 5.82 Å². The van der Waals surface area contributed by atoms with Gasteiger partial charge in [-0.3, -0.25) is 4.79 Å². The number of benzene rings is 1. The fourth-order valence-electron chi connectivity index (χ4n) is 3.21. The predicted octanol–water partition coefficient (Wildman–Crippen LogP) is 4.44. The van der Waals surface area contributed by atoms with Crippen LogP contribution in [0.2, 0.25) is 0 Å².